The standard InChI is InChI=1S/C9H9N5O3/c15-7-1-5(2-8(16)13-7)9(17)10-3-6-11-4-12-14-6/h1-2,4H,3H2,(H,10,17)(H,11,12,14)(H2,13,15,16). The number of rotatable bonds is 3. The lowest BCUT2D eigenvalue weighted by molar-refractivity contribution is 0.0949. The van der Waals surface area contributed by atoms with Crippen LogP contribution in [0.25, 0.3) is 0 Å². The number of amides is 1. The van der Waals surface area contributed by atoms with Gasteiger partial charge in [0.25, 0.3) is 11.5 Å². The third-order valence-electron chi connectivity index (χ3n) is 1.97. The molecule has 0 atom stereocenters. The molecule has 0 saturated carbocycles. The fourth-order valence-electron chi connectivity index (χ4n) is 1.24. The van der Waals surface area contributed by atoms with Crippen molar-refractivity contribution in [3.63, 3.8) is 0 Å². The molecular weight excluding hydrogens is 226 g/mol. The SMILES string of the molecule is O=C(NCc1ncn[nH]1)c1cc(O)[nH]c(=O)c1. The summed E-state index contributed by atoms with van der Waals surface area (Å²) in [5.74, 6) is -0.350. The molecular formula is C9H9N5O3. The van der Waals surface area contributed by atoms with Gasteiger partial charge in [0.15, 0.2) is 5.88 Å². The quantitative estimate of drug-likeness (QED) is 0.550. The second-order valence-electron chi connectivity index (χ2n) is 3.23. The number of aromatic amines is 2. The van der Waals surface area contributed by atoms with E-state index >= 15 is 0 Å². The summed E-state index contributed by atoms with van der Waals surface area (Å²) in [6.45, 7) is 0.159. The maximum Gasteiger partial charge on any atom is 0.252 e. The first-order valence-electron chi connectivity index (χ1n) is 4.71. The second-order valence-corrected chi connectivity index (χ2v) is 3.23. The van der Waals surface area contributed by atoms with Gasteiger partial charge in [-0.15, -0.1) is 0 Å². The van der Waals surface area contributed by atoms with E-state index in [0.29, 0.717) is 5.82 Å². The molecule has 0 aliphatic heterocycles. The maximum atomic E-state index is 11.6. The average Bonchev–Trinajstić information content (AvgIpc) is 2.77. The zero-order valence-electron chi connectivity index (χ0n) is 8.60. The number of hydrogen-bond donors (Lipinski definition) is 4. The van der Waals surface area contributed by atoms with Crippen molar-refractivity contribution in [1.82, 2.24) is 25.5 Å². The molecule has 0 fully saturated rings. The van der Waals surface area contributed by atoms with Crippen LogP contribution in [0, 0.1) is 0 Å². The average molecular weight is 235 g/mol. The van der Waals surface area contributed by atoms with E-state index in [1.807, 2.05) is 0 Å². The van der Waals surface area contributed by atoms with E-state index in [1.54, 1.807) is 0 Å². The van der Waals surface area contributed by atoms with Crippen LogP contribution >= 0.6 is 0 Å². The van der Waals surface area contributed by atoms with Gasteiger partial charge in [0.05, 0.1) is 12.1 Å². The molecule has 2 aromatic rings. The zero-order chi connectivity index (χ0) is 12.3. The Hall–Kier alpha value is -2.64. The number of aromatic hydroxyl groups is 1. The minimum Gasteiger partial charge on any atom is -0.494 e. The highest BCUT2D eigenvalue weighted by Crippen LogP contribution is 2.03. The van der Waals surface area contributed by atoms with Crippen molar-refractivity contribution in [3.8, 4) is 5.88 Å². The Morgan fingerprint density at radius 1 is 1.47 bits per heavy atom. The van der Waals surface area contributed by atoms with Crippen LogP contribution < -0.4 is 10.9 Å². The Kier molecular flexibility index (Phi) is 2.86. The summed E-state index contributed by atoms with van der Waals surface area (Å²) in [4.78, 5) is 28.6. The van der Waals surface area contributed by atoms with E-state index in [4.69, 9.17) is 5.11 Å². The number of aromatic nitrogens is 4. The van der Waals surface area contributed by atoms with Gasteiger partial charge < -0.3 is 10.4 Å². The molecule has 88 valence electrons. The Bertz CT molecular complexity index is 575. The van der Waals surface area contributed by atoms with Gasteiger partial charge in [-0.1, -0.05) is 0 Å². The van der Waals surface area contributed by atoms with Crippen LogP contribution in [0.5, 0.6) is 5.88 Å². The summed E-state index contributed by atoms with van der Waals surface area (Å²) in [5, 5.41) is 17.8. The van der Waals surface area contributed by atoms with Crippen molar-refractivity contribution in [2.24, 2.45) is 0 Å². The first-order chi connectivity index (χ1) is 8.15. The molecule has 2 heterocycles. The molecule has 8 nitrogen and oxygen atoms in total. The van der Waals surface area contributed by atoms with Crippen LogP contribution in [0.15, 0.2) is 23.3 Å². The van der Waals surface area contributed by atoms with Crippen LogP contribution in [-0.2, 0) is 6.54 Å². The van der Waals surface area contributed by atoms with Gasteiger partial charge in [-0.25, -0.2) is 4.98 Å². The number of H-pyrrole nitrogens is 2. The molecule has 0 unspecified atom stereocenters. The molecule has 0 spiro atoms. The Balaban J connectivity index is 2.07. The largest absolute Gasteiger partial charge is 0.494 e. The Morgan fingerprint density at radius 3 is 2.94 bits per heavy atom. The van der Waals surface area contributed by atoms with Crippen molar-refractivity contribution in [3.05, 3.63) is 40.2 Å². The van der Waals surface area contributed by atoms with Gasteiger partial charge in [-0.05, 0) is 0 Å². The fourth-order valence-corrected chi connectivity index (χ4v) is 1.24. The van der Waals surface area contributed by atoms with Crippen molar-refractivity contribution in [2.45, 2.75) is 6.54 Å². The van der Waals surface area contributed by atoms with Crippen LogP contribution in [0.4, 0.5) is 0 Å². The van der Waals surface area contributed by atoms with Gasteiger partial charge in [0.1, 0.15) is 12.2 Å². The summed E-state index contributed by atoms with van der Waals surface area (Å²) < 4.78 is 0. The van der Waals surface area contributed by atoms with Gasteiger partial charge >= 0.3 is 0 Å². The van der Waals surface area contributed by atoms with Gasteiger partial charge in [0, 0.05) is 12.1 Å². The summed E-state index contributed by atoms with van der Waals surface area (Å²) in [7, 11) is 0. The molecule has 17 heavy (non-hydrogen) atoms. The highest BCUT2D eigenvalue weighted by atomic mass is 16.3. The summed E-state index contributed by atoms with van der Waals surface area (Å²) in [6, 6.07) is 2.26. The van der Waals surface area contributed by atoms with Crippen LogP contribution in [0.3, 0.4) is 0 Å². The monoisotopic (exact) mass is 235 g/mol. The summed E-state index contributed by atoms with van der Waals surface area (Å²) >= 11 is 0. The smallest absolute Gasteiger partial charge is 0.252 e. The molecule has 2 rings (SSSR count). The van der Waals surface area contributed by atoms with Crippen LogP contribution in [-0.4, -0.2) is 31.2 Å². The Morgan fingerprint density at radius 2 is 2.29 bits per heavy atom. The van der Waals surface area contributed by atoms with Crippen LogP contribution in [0.2, 0.25) is 0 Å². The van der Waals surface area contributed by atoms with Crippen molar-refractivity contribution < 1.29 is 9.90 Å². The molecule has 0 saturated heterocycles. The number of carbonyl (C=O) groups excluding carboxylic acids is 1. The van der Waals surface area contributed by atoms with Gasteiger partial charge in [0.2, 0.25) is 0 Å². The third-order valence-corrected chi connectivity index (χ3v) is 1.97. The zero-order valence-corrected chi connectivity index (χ0v) is 8.60. The molecule has 0 aromatic carbocycles. The predicted octanol–water partition coefficient (Wildman–Crippen LogP) is -0.871. The van der Waals surface area contributed by atoms with Gasteiger partial charge in [-0.3, -0.25) is 19.7 Å². The summed E-state index contributed by atoms with van der Waals surface area (Å²) in [6.07, 6.45) is 1.32. The normalized spacial score (nSPS) is 10.1. The molecule has 0 radical (unpaired) electrons. The number of nitrogens with zero attached hydrogens (tertiary/aromatic N) is 2. The topological polar surface area (TPSA) is 124 Å². The predicted molar refractivity (Wildman–Crippen MR) is 56.3 cm³/mol. The molecule has 4 N–H and O–H groups in total. The highest BCUT2D eigenvalue weighted by Gasteiger charge is 2.08. The van der Waals surface area contributed by atoms with E-state index in [2.05, 4.69) is 25.5 Å². The lowest BCUT2D eigenvalue weighted by Gasteiger charge is -2.02. The molecule has 0 aliphatic rings. The second kappa shape index (κ2) is 4.47. The van der Waals surface area contributed by atoms with Crippen molar-refractivity contribution in [2.75, 3.05) is 0 Å². The number of hydrogen-bond acceptors (Lipinski definition) is 5. The lowest BCUT2D eigenvalue weighted by atomic mass is 10.2. The van der Waals surface area contributed by atoms with Crippen LogP contribution in [0.1, 0.15) is 16.2 Å². The van der Waals surface area contributed by atoms with E-state index < -0.39 is 11.5 Å². The fraction of sp³-hybridized carbons (Fsp3) is 0.111. The van der Waals surface area contributed by atoms with Crippen molar-refractivity contribution >= 4 is 5.91 Å². The summed E-state index contributed by atoms with van der Waals surface area (Å²) in [5.41, 5.74) is -0.472. The van der Waals surface area contributed by atoms with E-state index in [1.165, 1.54) is 6.33 Å². The first kappa shape index (κ1) is 10.9. The van der Waals surface area contributed by atoms with E-state index in [9.17, 15) is 9.59 Å². The highest BCUT2D eigenvalue weighted by molar-refractivity contribution is 5.94. The number of carbonyl (C=O) groups is 1. The molecule has 0 aliphatic carbocycles. The minimum atomic E-state index is -0.546. The Labute approximate surface area is 94.7 Å². The molecule has 0 bridgehead atoms. The van der Waals surface area contributed by atoms with Gasteiger partial charge in [-0.2, -0.15) is 5.10 Å². The lowest BCUT2D eigenvalue weighted by Crippen LogP contribution is -2.24. The molecule has 2 aromatic heterocycles. The van der Waals surface area contributed by atoms with Crippen molar-refractivity contribution in [1.29, 1.82) is 0 Å². The minimum absolute atomic E-state index is 0.0748. The third kappa shape index (κ3) is 2.68. The molecule has 1 amide bonds. The van der Waals surface area contributed by atoms with E-state index in [-0.39, 0.29) is 18.0 Å². The maximum absolute atomic E-state index is 11.6. The number of nitrogens with one attached hydrogen (secondary N) is 3. The first-order valence-corrected chi connectivity index (χ1v) is 4.71. The molecule has 8 heteroatoms. The van der Waals surface area contributed by atoms with E-state index in [0.717, 1.165) is 12.1 Å². The number of pyridine rings is 1.